The van der Waals surface area contributed by atoms with Crippen LogP contribution < -0.4 is 4.72 Å². The van der Waals surface area contributed by atoms with E-state index in [0.717, 1.165) is 17.3 Å². The molecule has 0 aliphatic carbocycles. The molecule has 0 amide bonds. The van der Waals surface area contributed by atoms with Gasteiger partial charge in [0.05, 0.1) is 52.6 Å². The van der Waals surface area contributed by atoms with Gasteiger partial charge < -0.3 is 14.2 Å². The Labute approximate surface area is 277 Å². The minimum absolute atomic E-state index is 0.0110. The molecule has 3 unspecified atom stereocenters. The van der Waals surface area contributed by atoms with Crippen LogP contribution in [0.2, 0.25) is 15.1 Å². The largest absolute Gasteiger partial charge is 0.469 e. The molecule has 14 heteroatoms. The van der Waals surface area contributed by atoms with Crippen molar-refractivity contribution in [3.8, 4) is 11.4 Å². The summed E-state index contributed by atoms with van der Waals surface area (Å²) in [6.07, 6.45) is 3.39. The fourth-order valence-corrected chi connectivity index (χ4v) is 6.82. The van der Waals surface area contributed by atoms with Gasteiger partial charge in [-0.25, -0.2) is 8.42 Å². The van der Waals surface area contributed by atoms with E-state index in [-0.39, 0.29) is 50.4 Å². The van der Waals surface area contributed by atoms with E-state index in [0.29, 0.717) is 18.6 Å². The molecule has 2 aromatic carbocycles. The Bertz CT molecular complexity index is 1480. The molecule has 0 spiro atoms. The van der Waals surface area contributed by atoms with E-state index in [2.05, 4.69) is 20.8 Å². The van der Waals surface area contributed by atoms with Gasteiger partial charge in [0.15, 0.2) is 0 Å². The molecule has 0 aliphatic heterocycles. The van der Waals surface area contributed by atoms with E-state index in [1.165, 1.54) is 38.5 Å². The summed E-state index contributed by atoms with van der Waals surface area (Å²) in [6, 6.07) is 8.93. The smallest absolute Gasteiger partial charge is 0.325 e. The van der Waals surface area contributed by atoms with Crippen LogP contribution in [0.1, 0.15) is 57.9 Å². The second kappa shape index (κ2) is 17.2. The van der Waals surface area contributed by atoms with Gasteiger partial charge in [-0.05, 0) is 61.9 Å². The Kier molecular flexibility index (Phi) is 14.7. The lowest BCUT2D eigenvalue weighted by Gasteiger charge is -2.29. The summed E-state index contributed by atoms with van der Waals surface area (Å²) in [5.41, 5.74) is -0.245. The quantitative estimate of drug-likeness (QED) is 0.0933. The Morgan fingerprint density at radius 3 is 2.20 bits per heavy atom. The molecule has 0 bridgehead atoms. The number of hydrogen-bond donors (Lipinski definition) is 1. The predicted octanol–water partition coefficient (Wildman–Crippen LogP) is 7.29. The van der Waals surface area contributed by atoms with Crippen molar-refractivity contribution >= 4 is 80.2 Å². The monoisotopic (exact) mass is 705 g/mol. The molecule has 2 rings (SSSR count). The number of thioether (sulfide) groups is 1. The summed E-state index contributed by atoms with van der Waals surface area (Å²) in [5, 5.41) is 2.99. The maximum absolute atomic E-state index is 13.0. The third-order valence-corrected chi connectivity index (χ3v) is 9.85. The number of ether oxygens (including phenoxy) is 3. The van der Waals surface area contributed by atoms with Crippen molar-refractivity contribution in [2.45, 2.75) is 57.3 Å². The lowest BCUT2D eigenvalue weighted by molar-refractivity contribution is -0.153. The number of sulfonamides is 1. The van der Waals surface area contributed by atoms with Gasteiger partial charge in [-0.3, -0.25) is 19.1 Å². The number of carbonyl (C=O) groups is 3. The van der Waals surface area contributed by atoms with Crippen LogP contribution in [-0.4, -0.2) is 46.3 Å². The lowest BCUT2D eigenvalue weighted by atomic mass is 9.75. The van der Waals surface area contributed by atoms with E-state index in [9.17, 15) is 22.8 Å². The standard InChI is InChI=1S/C30H34Cl3NO8S2/c1-6-30(3,29(37)42-12-14-43-13-11-26(35)40-4)18-21(28(36)41-5)15-19(2)20-7-9-23(10-8-20)44(38,39)34-27-24(32)16-22(31)17-25(27)33/h7-10,16-17,19,21,34H,6,11,13,15,18H2,1-5H3. The van der Waals surface area contributed by atoms with E-state index < -0.39 is 33.3 Å². The van der Waals surface area contributed by atoms with Crippen LogP contribution in [0.15, 0.2) is 41.3 Å². The Morgan fingerprint density at radius 1 is 1.05 bits per heavy atom. The van der Waals surface area contributed by atoms with Gasteiger partial charge in [0, 0.05) is 16.0 Å². The molecule has 3 atom stereocenters. The van der Waals surface area contributed by atoms with Crippen LogP contribution in [-0.2, 0) is 38.6 Å². The molecular formula is C30H34Cl3NO8S2. The third-order valence-electron chi connectivity index (χ3n) is 7.04. The van der Waals surface area contributed by atoms with Crippen molar-refractivity contribution in [3.63, 3.8) is 0 Å². The van der Waals surface area contributed by atoms with E-state index in [4.69, 9.17) is 44.3 Å². The number of carbonyl (C=O) groups excluding carboxylic acids is 3. The highest BCUT2D eigenvalue weighted by molar-refractivity contribution is 8.03. The number of hydrogen-bond acceptors (Lipinski definition) is 9. The molecule has 1 N–H and O–H groups in total. The minimum Gasteiger partial charge on any atom is -0.469 e. The number of anilines is 1. The Morgan fingerprint density at radius 2 is 1.66 bits per heavy atom. The molecule has 240 valence electrons. The SMILES string of the molecule is CCC(C)(CC(CC(C)c1ccc(S(=O)(=O)Nc2c(Cl)cc(Cl)cc2Cl)cc1)C(=O)OC)C(=O)OC#CSCCC(=O)OC. The second-order valence-electron chi connectivity index (χ2n) is 10.2. The molecule has 0 radical (unpaired) electrons. The predicted molar refractivity (Wildman–Crippen MR) is 173 cm³/mol. The highest BCUT2D eigenvalue weighted by Crippen LogP contribution is 2.38. The average Bonchev–Trinajstić information content (AvgIpc) is 2.99. The number of methoxy groups -OCH3 is 2. The van der Waals surface area contributed by atoms with E-state index in [1.807, 2.05) is 13.8 Å². The van der Waals surface area contributed by atoms with Crippen molar-refractivity contribution in [2.24, 2.45) is 11.3 Å². The molecule has 0 saturated heterocycles. The van der Waals surface area contributed by atoms with E-state index >= 15 is 0 Å². The molecule has 2 aromatic rings. The molecule has 0 aromatic heterocycles. The highest BCUT2D eigenvalue weighted by Gasteiger charge is 2.39. The molecule has 44 heavy (non-hydrogen) atoms. The lowest BCUT2D eigenvalue weighted by Crippen LogP contribution is -2.34. The molecular weight excluding hydrogens is 673 g/mol. The van der Waals surface area contributed by atoms with Gasteiger partial charge in [0.1, 0.15) is 6.11 Å². The second-order valence-corrected chi connectivity index (χ2v) is 14.0. The Hall–Kier alpha value is -2.62. The average molecular weight is 707 g/mol. The van der Waals surface area contributed by atoms with Gasteiger partial charge in [-0.15, -0.1) is 0 Å². The summed E-state index contributed by atoms with van der Waals surface area (Å²) in [6.45, 7) is 5.41. The summed E-state index contributed by atoms with van der Waals surface area (Å²) >= 11 is 19.3. The van der Waals surface area contributed by atoms with Crippen LogP contribution in [0.4, 0.5) is 5.69 Å². The van der Waals surface area contributed by atoms with Crippen LogP contribution in [0.25, 0.3) is 0 Å². The van der Waals surface area contributed by atoms with Gasteiger partial charge in [-0.1, -0.05) is 72.5 Å². The van der Waals surface area contributed by atoms with Crippen molar-refractivity contribution in [2.75, 3.05) is 24.7 Å². The first-order chi connectivity index (χ1) is 20.7. The maximum atomic E-state index is 13.0. The summed E-state index contributed by atoms with van der Waals surface area (Å²) in [5.74, 6) is -1.89. The zero-order chi connectivity index (χ0) is 33.1. The van der Waals surface area contributed by atoms with Crippen LogP contribution >= 0.6 is 46.6 Å². The molecule has 0 heterocycles. The van der Waals surface area contributed by atoms with E-state index in [1.54, 1.807) is 19.1 Å². The third kappa shape index (κ3) is 10.8. The normalized spacial score (nSPS) is 13.8. The first-order valence-corrected chi connectivity index (χ1v) is 17.0. The number of esters is 3. The zero-order valence-corrected chi connectivity index (χ0v) is 28.8. The highest BCUT2D eigenvalue weighted by atomic mass is 35.5. The molecule has 0 aliphatic rings. The first-order valence-electron chi connectivity index (χ1n) is 13.4. The van der Waals surface area contributed by atoms with Crippen LogP contribution in [0.5, 0.6) is 0 Å². The Balaban J connectivity index is 2.13. The molecule has 0 fully saturated rings. The fraction of sp³-hybridized carbons (Fsp3) is 0.433. The maximum Gasteiger partial charge on any atom is 0.325 e. The summed E-state index contributed by atoms with van der Waals surface area (Å²) in [4.78, 5) is 36.9. The number of halogens is 3. The van der Waals surface area contributed by atoms with Gasteiger partial charge in [0.2, 0.25) is 0 Å². The summed E-state index contributed by atoms with van der Waals surface area (Å²) in [7, 11) is -1.45. The first kappa shape index (κ1) is 37.6. The number of nitrogens with one attached hydrogen (secondary N) is 1. The topological polar surface area (TPSA) is 125 Å². The van der Waals surface area contributed by atoms with Crippen LogP contribution in [0.3, 0.4) is 0 Å². The number of rotatable bonds is 14. The van der Waals surface area contributed by atoms with Crippen molar-refractivity contribution < 1.29 is 37.0 Å². The summed E-state index contributed by atoms with van der Waals surface area (Å²) < 4.78 is 43.2. The van der Waals surface area contributed by atoms with Gasteiger partial charge >= 0.3 is 17.9 Å². The van der Waals surface area contributed by atoms with Gasteiger partial charge in [-0.2, -0.15) is 0 Å². The van der Waals surface area contributed by atoms with Crippen molar-refractivity contribution in [1.82, 2.24) is 0 Å². The van der Waals surface area contributed by atoms with Crippen LogP contribution in [0, 0.1) is 22.7 Å². The van der Waals surface area contributed by atoms with Gasteiger partial charge in [0.25, 0.3) is 10.0 Å². The fourth-order valence-electron chi connectivity index (χ4n) is 4.22. The number of benzene rings is 2. The van der Waals surface area contributed by atoms with Crippen molar-refractivity contribution in [1.29, 1.82) is 0 Å². The minimum atomic E-state index is -4.03. The van der Waals surface area contributed by atoms with Crippen molar-refractivity contribution in [3.05, 3.63) is 57.0 Å². The zero-order valence-electron chi connectivity index (χ0n) is 24.9. The molecule has 9 nitrogen and oxygen atoms in total. The molecule has 0 saturated carbocycles.